The van der Waals surface area contributed by atoms with E-state index in [1.165, 1.54) is 43.7 Å². The van der Waals surface area contributed by atoms with Gasteiger partial charge >= 0.3 is 0 Å². The summed E-state index contributed by atoms with van der Waals surface area (Å²) < 4.78 is 46.9. The Hall–Kier alpha value is -2.33. The van der Waals surface area contributed by atoms with Gasteiger partial charge < -0.3 is 4.74 Å². The summed E-state index contributed by atoms with van der Waals surface area (Å²) in [7, 11) is 1.78. The molecule has 170 valence electrons. The summed E-state index contributed by atoms with van der Waals surface area (Å²) in [5, 5.41) is 1.54. The highest BCUT2D eigenvalue weighted by Crippen LogP contribution is 2.32. The van der Waals surface area contributed by atoms with Crippen LogP contribution in [0.4, 0.5) is 13.2 Å². The molecule has 0 bridgehead atoms. The van der Waals surface area contributed by atoms with Gasteiger partial charge in [-0.2, -0.15) is 0 Å². The molecule has 0 aliphatic heterocycles. The number of halogens is 3. The first-order valence-electron chi connectivity index (χ1n) is 11.7. The third-order valence-corrected chi connectivity index (χ3v) is 6.98. The lowest BCUT2D eigenvalue weighted by Crippen LogP contribution is -2.18. The Kier molecular flexibility index (Phi) is 7.51. The van der Waals surface area contributed by atoms with Crippen LogP contribution in [0.5, 0.6) is 0 Å². The third-order valence-electron chi connectivity index (χ3n) is 6.98. The number of benzene rings is 3. The summed E-state index contributed by atoms with van der Waals surface area (Å²) in [4.78, 5) is 0. The van der Waals surface area contributed by atoms with Crippen molar-refractivity contribution in [3.63, 3.8) is 0 Å². The third kappa shape index (κ3) is 5.53. The lowest BCUT2D eigenvalue weighted by atomic mass is 9.80. The van der Waals surface area contributed by atoms with Gasteiger partial charge in [0.2, 0.25) is 0 Å². The van der Waals surface area contributed by atoms with Crippen molar-refractivity contribution in [1.82, 2.24) is 0 Å². The van der Waals surface area contributed by atoms with E-state index in [1.54, 1.807) is 13.2 Å². The van der Waals surface area contributed by atoms with E-state index in [-0.39, 0.29) is 5.82 Å². The van der Waals surface area contributed by atoms with Gasteiger partial charge in [-0.1, -0.05) is 49.2 Å². The SMILES string of the molecule is COCC1CCC(CCc2ccc3c(F)c(CCc4ccc(F)c(F)c4)ccc3c2)CC1. The molecule has 1 aliphatic carbocycles. The fraction of sp³-hybridized carbons (Fsp3) is 0.429. The zero-order chi connectivity index (χ0) is 22.5. The molecule has 0 aromatic heterocycles. The van der Waals surface area contributed by atoms with E-state index < -0.39 is 11.6 Å². The summed E-state index contributed by atoms with van der Waals surface area (Å²) in [5.74, 6) is -0.448. The van der Waals surface area contributed by atoms with Crippen LogP contribution < -0.4 is 0 Å². The molecule has 1 saturated carbocycles. The van der Waals surface area contributed by atoms with Gasteiger partial charge in [-0.25, -0.2) is 13.2 Å². The number of hydrogen-bond donors (Lipinski definition) is 0. The Morgan fingerprint density at radius 3 is 2.22 bits per heavy atom. The average molecular weight is 441 g/mol. The Morgan fingerprint density at radius 1 is 0.750 bits per heavy atom. The Labute approximate surface area is 188 Å². The van der Waals surface area contributed by atoms with E-state index in [9.17, 15) is 8.78 Å². The van der Waals surface area contributed by atoms with Crippen molar-refractivity contribution in [2.45, 2.75) is 51.4 Å². The maximum absolute atomic E-state index is 15.1. The largest absolute Gasteiger partial charge is 0.384 e. The quantitative estimate of drug-likeness (QED) is 0.354. The molecule has 1 fully saturated rings. The number of ether oxygens (including phenoxy) is 1. The van der Waals surface area contributed by atoms with Crippen LogP contribution in [0.2, 0.25) is 0 Å². The molecule has 0 amide bonds. The molecule has 0 N–H and O–H groups in total. The van der Waals surface area contributed by atoms with Crippen LogP contribution in [-0.4, -0.2) is 13.7 Å². The van der Waals surface area contributed by atoms with E-state index in [0.717, 1.165) is 36.3 Å². The van der Waals surface area contributed by atoms with Crippen LogP contribution >= 0.6 is 0 Å². The van der Waals surface area contributed by atoms with Gasteiger partial charge in [-0.15, -0.1) is 0 Å². The summed E-state index contributed by atoms with van der Waals surface area (Å²) >= 11 is 0. The molecule has 0 spiro atoms. The lowest BCUT2D eigenvalue weighted by Gasteiger charge is -2.28. The van der Waals surface area contributed by atoms with E-state index >= 15 is 4.39 Å². The molecule has 3 aromatic carbocycles. The fourth-order valence-corrected chi connectivity index (χ4v) is 5.00. The minimum Gasteiger partial charge on any atom is -0.384 e. The van der Waals surface area contributed by atoms with Crippen molar-refractivity contribution in [3.05, 3.63) is 82.7 Å². The molecular formula is C28H31F3O. The normalized spacial score (nSPS) is 18.9. The van der Waals surface area contributed by atoms with Gasteiger partial charge in [-0.3, -0.25) is 0 Å². The van der Waals surface area contributed by atoms with Gasteiger partial charge in [-0.05, 0) is 84.6 Å². The van der Waals surface area contributed by atoms with E-state index in [0.29, 0.717) is 29.4 Å². The summed E-state index contributed by atoms with van der Waals surface area (Å²) in [6.45, 7) is 0.881. The zero-order valence-electron chi connectivity index (χ0n) is 18.7. The van der Waals surface area contributed by atoms with E-state index in [1.807, 2.05) is 24.3 Å². The van der Waals surface area contributed by atoms with Crippen LogP contribution in [0.1, 0.15) is 48.8 Å². The minimum atomic E-state index is -0.864. The first-order chi connectivity index (χ1) is 15.5. The second-order valence-corrected chi connectivity index (χ2v) is 9.22. The van der Waals surface area contributed by atoms with Gasteiger partial charge in [0.25, 0.3) is 0 Å². The highest BCUT2D eigenvalue weighted by Gasteiger charge is 2.21. The molecule has 1 aliphatic rings. The highest BCUT2D eigenvalue weighted by atomic mass is 19.2. The summed E-state index contributed by atoms with van der Waals surface area (Å²) in [6.07, 6.45) is 8.18. The van der Waals surface area contributed by atoms with Crippen molar-refractivity contribution in [2.24, 2.45) is 11.8 Å². The molecule has 0 saturated heterocycles. The molecule has 0 heterocycles. The van der Waals surface area contributed by atoms with Crippen LogP contribution in [0.15, 0.2) is 48.5 Å². The maximum atomic E-state index is 15.1. The predicted octanol–water partition coefficient (Wildman–Crippen LogP) is 7.43. The second-order valence-electron chi connectivity index (χ2n) is 9.22. The molecule has 4 rings (SSSR count). The Morgan fingerprint density at radius 2 is 1.47 bits per heavy atom. The van der Waals surface area contributed by atoms with Crippen molar-refractivity contribution in [2.75, 3.05) is 13.7 Å². The fourth-order valence-electron chi connectivity index (χ4n) is 5.00. The Bertz CT molecular complexity index is 1050. The zero-order valence-corrected chi connectivity index (χ0v) is 18.7. The average Bonchev–Trinajstić information content (AvgIpc) is 2.80. The first kappa shape index (κ1) is 22.8. The molecule has 1 nitrogen and oxygen atoms in total. The first-order valence-corrected chi connectivity index (χ1v) is 11.7. The number of methoxy groups -OCH3 is 1. The van der Waals surface area contributed by atoms with E-state index in [4.69, 9.17) is 4.74 Å². The second kappa shape index (κ2) is 10.5. The highest BCUT2D eigenvalue weighted by molar-refractivity contribution is 5.84. The molecule has 0 atom stereocenters. The lowest BCUT2D eigenvalue weighted by molar-refractivity contribution is 0.117. The van der Waals surface area contributed by atoms with Crippen LogP contribution in [0.25, 0.3) is 10.8 Å². The number of fused-ring (bicyclic) bond motifs is 1. The summed E-state index contributed by atoms with van der Waals surface area (Å²) in [5.41, 5.74) is 2.52. The summed E-state index contributed by atoms with van der Waals surface area (Å²) in [6, 6.07) is 13.7. The standard InChI is InChI=1S/C28H31F3O/c1-32-18-22-6-3-19(4-7-22)2-5-20-9-14-25-24(16-20)13-12-23(28(25)31)11-8-21-10-15-26(29)27(30)17-21/h9-10,12-17,19,22H,2-8,11,18H2,1H3. The monoisotopic (exact) mass is 440 g/mol. The smallest absolute Gasteiger partial charge is 0.159 e. The van der Waals surface area contributed by atoms with Gasteiger partial charge in [0.15, 0.2) is 11.6 Å². The van der Waals surface area contributed by atoms with Crippen LogP contribution in [-0.2, 0) is 24.0 Å². The topological polar surface area (TPSA) is 9.23 Å². The molecular weight excluding hydrogens is 409 g/mol. The van der Waals surface area contributed by atoms with Gasteiger partial charge in [0, 0.05) is 19.1 Å². The van der Waals surface area contributed by atoms with Gasteiger partial charge in [0.05, 0.1) is 0 Å². The molecule has 3 aromatic rings. The number of rotatable bonds is 8. The van der Waals surface area contributed by atoms with Crippen molar-refractivity contribution >= 4 is 10.8 Å². The van der Waals surface area contributed by atoms with Crippen molar-refractivity contribution in [3.8, 4) is 0 Å². The number of hydrogen-bond acceptors (Lipinski definition) is 1. The molecule has 4 heteroatoms. The molecule has 32 heavy (non-hydrogen) atoms. The van der Waals surface area contributed by atoms with Crippen LogP contribution in [0, 0.1) is 29.3 Å². The van der Waals surface area contributed by atoms with Crippen molar-refractivity contribution in [1.29, 1.82) is 0 Å². The molecule has 0 unspecified atom stereocenters. The number of aryl methyl sites for hydroxylation is 3. The molecule has 0 radical (unpaired) electrons. The maximum Gasteiger partial charge on any atom is 0.159 e. The van der Waals surface area contributed by atoms with Crippen molar-refractivity contribution < 1.29 is 17.9 Å². The predicted molar refractivity (Wildman–Crippen MR) is 123 cm³/mol. The van der Waals surface area contributed by atoms with E-state index in [2.05, 4.69) is 6.07 Å². The minimum absolute atomic E-state index is 0.215. The van der Waals surface area contributed by atoms with Crippen LogP contribution in [0.3, 0.4) is 0 Å². The Balaban J connectivity index is 1.37. The van der Waals surface area contributed by atoms with Gasteiger partial charge in [0.1, 0.15) is 5.82 Å².